The molecule has 0 bridgehead atoms. The molecule has 3 heterocycles. The van der Waals surface area contributed by atoms with E-state index < -0.39 is 11.8 Å². The average molecular weight is 371 g/mol. The van der Waals surface area contributed by atoms with Crippen LogP contribution in [0.5, 0.6) is 0 Å². The largest absolute Gasteiger partial charge is 0.381 e. The number of rotatable bonds is 2. The number of hydrogen-bond donors (Lipinski definition) is 2. The van der Waals surface area contributed by atoms with Crippen molar-refractivity contribution in [1.82, 2.24) is 10.2 Å². The third-order valence-electron chi connectivity index (χ3n) is 6.17. The van der Waals surface area contributed by atoms with E-state index >= 15 is 0 Å². The summed E-state index contributed by atoms with van der Waals surface area (Å²) >= 11 is 0. The van der Waals surface area contributed by atoms with Gasteiger partial charge >= 0.3 is 11.8 Å². The summed E-state index contributed by atoms with van der Waals surface area (Å²) in [5.74, 6) is 0.0369. The third-order valence-corrected chi connectivity index (χ3v) is 6.17. The summed E-state index contributed by atoms with van der Waals surface area (Å²) in [5.41, 5.74) is 3.21. The fraction of sp³-hybridized carbons (Fsp3) is 0.619. The van der Waals surface area contributed by atoms with Crippen LogP contribution in [-0.4, -0.2) is 49.6 Å². The van der Waals surface area contributed by atoms with Crippen molar-refractivity contribution >= 4 is 17.5 Å². The van der Waals surface area contributed by atoms with Crippen LogP contribution in [0.4, 0.5) is 5.69 Å². The highest BCUT2D eigenvalue weighted by Gasteiger charge is 2.32. The minimum atomic E-state index is -0.526. The van der Waals surface area contributed by atoms with E-state index in [-0.39, 0.29) is 0 Å². The summed E-state index contributed by atoms with van der Waals surface area (Å²) in [6, 6.07) is 5.93. The number of amides is 2. The van der Waals surface area contributed by atoms with Gasteiger partial charge in [0.25, 0.3) is 0 Å². The molecule has 146 valence electrons. The number of fused-ring (bicyclic) bond motifs is 1. The maximum atomic E-state index is 12.8. The summed E-state index contributed by atoms with van der Waals surface area (Å²) in [6.07, 6.45) is 5.28. The van der Waals surface area contributed by atoms with Crippen LogP contribution in [0.3, 0.4) is 0 Å². The second-order valence-electron chi connectivity index (χ2n) is 8.00. The van der Waals surface area contributed by atoms with Crippen LogP contribution in [0.2, 0.25) is 0 Å². The number of benzene rings is 1. The predicted octanol–water partition coefficient (Wildman–Crippen LogP) is 1.94. The van der Waals surface area contributed by atoms with E-state index in [9.17, 15) is 9.59 Å². The van der Waals surface area contributed by atoms with Crippen LogP contribution < -0.4 is 10.6 Å². The lowest BCUT2D eigenvalue weighted by molar-refractivity contribution is -0.143. The fourth-order valence-electron chi connectivity index (χ4n) is 4.56. The molecule has 0 aliphatic carbocycles. The van der Waals surface area contributed by atoms with Gasteiger partial charge in [0.15, 0.2) is 0 Å². The van der Waals surface area contributed by atoms with Gasteiger partial charge in [0.2, 0.25) is 0 Å². The number of ether oxygens (including phenoxy) is 1. The first-order chi connectivity index (χ1) is 13.2. The van der Waals surface area contributed by atoms with Gasteiger partial charge in [0, 0.05) is 38.5 Å². The van der Waals surface area contributed by atoms with E-state index in [0.29, 0.717) is 30.6 Å². The van der Waals surface area contributed by atoms with Crippen LogP contribution in [0.15, 0.2) is 18.2 Å². The first kappa shape index (κ1) is 18.4. The molecule has 0 radical (unpaired) electrons. The van der Waals surface area contributed by atoms with Gasteiger partial charge in [0.1, 0.15) is 0 Å². The van der Waals surface area contributed by atoms with E-state index in [1.807, 2.05) is 12.1 Å². The molecular weight excluding hydrogens is 342 g/mol. The predicted molar refractivity (Wildman–Crippen MR) is 103 cm³/mol. The molecule has 0 saturated carbocycles. The van der Waals surface area contributed by atoms with Crippen molar-refractivity contribution in [3.8, 4) is 0 Å². The van der Waals surface area contributed by atoms with Crippen molar-refractivity contribution in [1.29, 1.82) is 0 Å². The Morgan fingerprint density at radius 3 is 2.93 bits per heavy atom. The Labute approximate surface area is 160 Å². The summed E-state index contributed by atoms with van der Waals surface area (Å²) in [6.45, 7) is 4.76. The van der Waals surface area contributed by atoms with Crippen molar-refractivity contribution < 1.29 is 14.3 Å². The van der Waals surface area contributed by atoms with Crippen LogP contribution >= 0.6 is 0 Å². The normalized spacial score (nSPS) is 25.6. The minimum Gasteiger partial charge on any atom is -0.381 e. The van der Waals surface area contributed by atoms with Crippen molar-refractivity contribution in [2.24, 2.45) is 11.8 Å². The Hall–Kier alpha value is -1.92. The molecule has 1 aromatic rings. The fourth-order valence-corrected chi connectivity index (χ4v) is 4.56. The van der Waals surface area contributed by atoms with Crippen molar-refractivity contribution in [3.05, 3.63) is 29.3 Å². The first-order valence-electron chi connectivity index (χ1n) is 10.2. The first-order valence-corrected chi connectivity index (χ1v) is 10.2. The molecule has 2 atom stereocenters. The van der Waals surface area contributed by atoms with E-state index in [1.54, 1.807) is 4.90 Å². The molecule has 1 aromatic carbocycles. The van der Waals surface area contributed by atoms with E-state index in [2.05, 4.69) is 16.7 Å². The summed E-state index contributed by atoms with van der Waals surface area (Å²) in [5, 5.41) is 6.15. The number of likely N-dealkylation sites (tertiary alicyclic amines) is 1. The van der Waals surface area contributed by atoms with Crippen molar-refractivity contribution in [2.75, 3.05) is 38.2 Å². The number of carbonyl (C=O) groups is 2. The van der Waals surface area contributed by atoms with Gasteiger partial charge in [-0.2, -0.15) is 0 Å². The zero-order valence-corrected chi connectivity index (χ0v) is 15.8. The van der Waals surface area contributed by atoms with Gasteiger partial charge in [-0.1, -0.05) is 12.5 Å². The van der Waals surface area contributed by atoms with Crippen LogP contribution in [-0.2, 0) is 27.3 Å². The lowest BCUT2D eigenvalue weighted by Crippen LogP contribution is -2.43. The Morgan fingerprint density at radius 1 is 1.15 bits per heavy atom. The van der Waals surface area contributed by atoms with Gasteiger partial charge in [-0.15, -0.1) is 0 Å². The molecule has 4 rings (SSSR count). The molecule has 2 saturated heterocycles. The third kappa shape index (κ3) is 4.33. The number of anilines is 1. The van der Waals surface area contributed by atoms with Gasteiger partial charge in [-0.3, -0.25) is 9.59 Å². The standard InChI is InChI=1S/C21H29N3O3/c25-20(23-19-5-4-15-6-8-22-12-18(15)11-19)21(26)24-9-2-1-3-16(13-24)17-7-10-27-14-17/h4-5,11,16-17,22H,1-3,6-10,12-14H2,(H,23,25). The van der Waals surface area contributed by atoms with E-state index in [4.69, 9.17) is 4.74 Å². The van der Waals surface area contributed by atoms with Gasteiger partial charge < -0.3 is 20.3 Å². The monoisotopic (exact) mass is 371 g/mol. The number of hydrogen-bond acceptors (Lipinski definition) is 4. The Kier molecular flexibility index (Phi) is 5.74. The lowest BCUT2D eigenvalue weighted by Gasteiger charge is -2.27. The average Bonchev–Trinajstić information content (AvgIpc) is 3.12. The number of carbonyl (C=O) groups excluding carboxylic acids is 2. The van der Waals surface area contributed by atoms with E-state index in [1.165, 1.54) is 11.1 Å². The molecule has 2 amide bonds. The molecule has 3 aliphatic heterocycles. The zero-order chi connectivity index (χ0) is 18.6. The van der Waals surface area contributed by atoms with Crippen LogP contribution in [0.1, 0.15) is 36.8 Å². The minimum absolute atomic E-state index is 0.406. The number of nitrogens with zero attached hydrogens (tertiary/aromatic N) is 1. The molecule has 2 fully saturated rings. The smallest absolute Gasteiger partial charge is 0.313 e. The maximum absolute atomic E-state index is 12.8. The highest BCUT2D eigenvalue weighted by Crippen LogP contribution is 2.29. The Bertz CT molecular complexity index is 700. The summed E-state index contributed by atoms with van der Waals surface area (Å²) < 4.78 is 5.53. The molecule has 6 heteroatoms. The lowest BCUT2D eigenvalue weighted by atomic mass is 9.88. The van der Waals surface area contributed by atoms with Crippen molar-refractivity contribution in [2.45, 2.75) is 38.6 Å². The molecule has 27 heavy (non-hydrogen) atoms. The Morgan fingerprint density at radius 2 is 2.07 bits per heavy atom. The topological polar surface area (TPSA) is 70.7 Å². The second-order valence-corrected chi connectivity index (χ2v) is 8.00. The summed E-state index contributed by atoms with van der Waals surface area (Å²) in [7, 11) is 0. The van der Waals surface area contributed by atoms with Gasteiger partial charge in [-0.05, 0) is 67.3 Å². The molecule has 0 aromatic heterocycles. The van der Waals surface area contributed by atoms with Crippen LogP contribution in [0, 0.1) is 11.8 Å². The van der Waals surface area contributed by atoms with E-state index in [0.717, 1.165) is 58.4 Å². The highest BCUT2D eigenvalue weighted by atomic mass is 16.5. The molecule has 6 nitrogen and oxygen atoms in total. The van der Waals surface area contributed by atoms with Crippen LogP contribution in [0.25, 0.3) is 0 Å². The highest BCUT2D eigenvalue weighted by molar-refractivity contribution is 6.39. The molecule has 3 aliphatic rings. The second kappa shape index (κ2) is 8.40. The van der Waals surface area contributed by atoms with Crippen molar-refractivity contribution in [3.63, 3.8) is 0 Å². The molecule has 0 spiro atoms. The molecule has 2 N–H and O–H groups in total. The van der Waals surface area contributed by atoms with Gasteiger partial charge in [-0.25, -0.2) is 0 Å². The maximum Gasteiger partial charge on any atom is 0.313 e. The molecular formula is C21H29N3O3. The summed E-state index contributed by atoms with van der Waals surface area (Å²) in [4.78, 5) is 27.1. The SMILES string of the molecule is O=C(Nc1ccc2c(c1)CNCC2)C(=O)N1CCCCC(C2CCOC2)C1. The zero-order valence-electron chi connectivity index (χ0n) is 15.8. The molecule has 2 unspecified atom stereocenters. The Balaban J connectivity index is 1.39. The van der Waals surface area contributed by atoms with Gasteiger partial charge in [0.05, 0.1) is 0 Å². The quantitative estimate of drug-likeness (QED) is 0.780. The number of nitrogens with one attached hydrogen (secondary N) is 2.